The molecule has 2 aromatic carbocycles. The maximum atomic E-state index is 10.9. The molecule has 0 saturated heterocycles. The van der Waals surface area contributed by atoms with E-state index in [0.29, 0.717) is 0 Å². The molecule has 0 bridgehead atoms. The third-order valence-electron chi connectivity index (χ3n) is 4.12. The third kappa shape index (κ3) is 3.80. The number of rotatable bonds is 5. The summed E-state index contributed by atoms with van der Waals surface area (Å²) in [6.07, 6.45) is 4.42. The van der Waals surface area contributed by atoms with Crippen LogP contribution in [0.15, 0.2) is 59.8 Å². The predicted octanol–water partition coefficient (Wildman–Crippen LogP) is 3.41. The van der Waals surface area contributed by atoms with E-state index in [1.165, 1.54) is 5.56 Å². The Morgan fingerprint density at radius 2 is 1.96 bits per heavy atom. The molecule has 0 saturated carbocycles. The first-order valence-corrected chi connectivity index (χ1v) is 8.42. The van der Waals surface area contributed by atoms with Crippen LogP contribution < -0.4 is 11.2 Å². The second-order valence-corrected chi connectivity index (χ2v) is 5.95. The van der Waals surface area contributed by atoms with Gasteiger partial charge in [-0.1, -0.05) is 49.4 Å². The molecule has 0 atom stereocenters. The number of carbonyl (C=O) groups excluding carboxylic acids is 1. The Labute approximate surface area is 152 Å². The third-order valence-corrected chi connectivity index (χ3v) is 4.12. The second kappa shape index (κ2) is 7.65. The van der Waals surface area contributed by atoms with Crippen LogP contribution in [0.5, 0.6) is 0 Å². The van der Waals surface area contributed by atoms with Gasteiger partial charge in [0.1, 0.15) is 5.69 Å². The first kappa shape index (κ1) is 17.4. The van der Waals surface area contributed by atoms with Gasteiger partial charge in [-0.2, -0.15) is 10.2 Å². The number of amides is 2. The second-order valence-electron chi connectivity index (χ2n) is 5.95. The fourth-order valence-electron chi connectivity index (χ4n) is 2.71. The molecule has 0 radical (unpaired) electrons. The number of urea groups is 1. The summed E-state index contributed by atoms with van der Waals surface area (Å²) < 4.78 is 1.82. The molecule has 3 N–H and O–H groups in total. The van der Waals surface area contributed by atoms with Crippen molar-refractivity contribution in [2.75, 3.05) is 0 Å². The van der Waals surface area contributed by atoms with E-state index in [9.17, 15) is 4.79 Å². The van der Waals surface area contributed by atoms with Gasteiger partial charge in [0.2, 0.25) is 0 Å². The van der Waals surface area contributed by atoms with Gasteiger partial charge in [0.05, 0.1) is 11.9 Å². The van der Waals surface area contributed by atoms with Gasteiger partial charge in [0.25, 0.3) is 0 Å². The highest BCUT2D eigenvalue weighted by Gasteiger charge is 2.12. The average molecular weight is 347 g/mol. The smallest absolute Gasteiger partial charge is 0.332 e. The van der Waals surface area contributed by atoms with Crippen LogP contribution in [-0.2, 0) is 6.42 Å². The Morgan fingerprint density at radius 1 is 1.23 bits per heavy atom. The minimum Gasteiger partial charge on any atom is -0.350 e. The van der Waals surface area contributed by atoms with E-state index in [2.05, 4.69) is 29.6 Å². The monoisotopic (exact) mass is 347 g/mol. The van der Waals surface area contributed by atoms with Gasteiger partial charge in [0.15, 0.2) is 0 Å². The highest BCUT2D eigenvalue weighted by atomic mass is 16.2. The van der Waals surface area contributed by atoms with Crippen LogP contribution in [0, 0.1) is 6.92 Å². The summed E-state index contributed by atoms with van der Waals surface area (Å²) in [5, 5.41) is 8.63. The average Bonchev–Trinajstić information content (AvgIpc) is 3.06. The lowest BCUT2D eigenvalue weighted by Crippen LogP contribution is -2.24. The highest BCUT2D eigenvalue weighted by molar-refractivity contribution is 5.89. The van der Waals surface area contributed by atoms with E-state index in [0.717, 1.165) is 34.5 Å². The van der Waals surface area contributed by atoms with Crippen LogP contribution in [0.4, 0.5) is 4.79 Å². The van der Waals surface area contributed by atoms with Gasteiger partial charge < -0.3 is 5.73 Å². The quantitative estimate of drug-likeness (QED) is 0.547. The lowest BCUT2D eigenvalue weighted by molar-refractivity contribution is 0.249. The number of aromatic nitrogens is 2. The number of primary amides is 1. The minimum absolute atomic E-state index is 0.707. The molecule has 0 aliphatic heterocycles. The van der Waals surface area contributed by atoms with Gasteiger partial charge in [0, 0.05) is 17.3 Å². The van der Waals surface area contributed by atoms with Crippen molar-refractivity contribution >= 4 is 12.2 Å². The number of hydrogen-bond donors (Lipinski definition) is 2. The highest BCUT2D eigenvalue weighted by Crippen LogP contribution is 2.24. The molecule has 0 aliphatic carbocycles. The number of aryl methyl sites for hydroxylation is 2. The molecule has 2 amide bonds. The summed E-state index contributed by atoms with van der Waals surface area (Å²) in [4.78, 5) is 10.9. The molecule has 0 unspecified atom stereocenters. The number of carbonyl (C=O) groups is 1. The molecule has 1 heterocycles. The number of nitrogens with two attached hydrogens (primary N) is 1. The molecule has 26 heavy (non-hydrogen) atoms. The van der Waals surface area contributed by atoms with Crippen molar-refractivity contribution in [3.05, 3.63) is 71.4 Å². The molecule has 0 spiro atoms. The number of hydrazone groups is 1. The molecular weight excluding hydrogens is 326 g/mol. The summed E-state index contributed by atoms with van der Waals surface area (Å²) in [7, 11) is 0. The van der Waals surface area contributed by atoms with Crippen molar-refractivity contribution < 1.29 is 4.79 Å². The Morgan fingerprint density at radius 3 is 2.62 bits per heavy atom. The van der Waals surface area contributed by atoms with Crippen molar-refractivity contribution in [2.24, 2.45) is 10.8 Å². The minimum atomic E-state index is -0.707. The molecule has 3 aromatic rings. The van der Waals surface area contributed by atoms with Gasteiger partial charge in [-0.15, -0.1) is 0 Å². The fraction of sp³-hybridized carbons (Fsp3) is 0.150. The first-order chi connectivity index (χ1) is 12.6. The summed E-state index contributed by atoms with van der Waals surface area (Å²) in [6.45, 7) is 4.16. The zero-order valence-corrected chi connectivity index (χ0v) is 14.8. The van der Waals surface area contributed by atoms with E-state index in [1.807, 2.05) is 54.2 Å². The molecule has 6 heteroatoms. The van der Waals surface area contributed by atoms with Crippen LogP contribution >= 0.6 is 0 Å². The van der Waals surface area contributed by atoms with Gasteiger partial charge in [-0.25, -0.2) is 14.9 Å². The van der Waals surface area contributed by atoms with E-state index in [4.69, 9.17) is 10.8 Å². The van der Waals surface area contributed by atoms with E-state index >= 15 is 0 Å². The topological polar surface area (TPSA) is 85.3 Å². The fourth-order valence-corrected chi connectivity index (χ4v) is 2.71. The van der Waals surface area contributed by atoms with E-state index in [1.54, 1.807) is 6.21 Å². The molecule has 1 aromatic heterocycles. The molecular formula is C20H21N5O. The zero-order valence-electron chi connectivity index (χ0n) is 14.8. The SMILES string of the molecule is CCc1ccc(-c2nn(-c3ccccc3C)cc2/C=N\NC(N)=O)cc1. The van der Waals surface area contributed by atoms with E-state index in [-0.39, 0.29) is 0 Å². The van der Waals surface area contributed by atoms with Crippen molar-refractivity contribution in [3.8, 4) is 16.9 Å². The number of hydrogen-bond acceptors (Lipinski definition) is 3. The van der Waals surface area contributed by atoms with Crippen LogP contribution in [0.1, 0.15) is 23.6 Å². The lowest BCUT2D eigenvalue weighted by atomic mass is 10.1. The molecule has 6 nitrogen and oxygen atoms in total. The van der Waals surface area contributed by atoms with Crippen LogP contribution in [0.25, 0.3) is 16.9 Å². The lowest BCUT2D eigenvalue weighted by Gasteiger charge is -2.05. The molecule has 3 rings (SSSR count). The maximum Gasteiger partial charge on any atom is 0.332 e. The van der Waals surface area contributed by atoms with Crippen molar-refractivity contribution in [1.29, 1.82) is 0 Å². The van der Waals surface area contributed by atoms with Crippen molar-refractivity contribution in [2.45, 2.75) is 20.3 Å². The Balaban J connectivity index is 2.06. The Hall–Kier alpha value is -3.41. The first-order valence-electron chi connectivity index (χ1n) is 8.42. The largest absolute Gasteiger partial charge is 0.350 e. The standard InChI is InChI=1S/C20H21N5O/c1-3-15-8-10-16(11-9-15)19-17(12-22-23-20(21)26)13-25(24-19)18-7-5-4-6-14(18)2/h4-13H,3H2,1-2H3,(H3,21,23,26)/b22-12-. The number of para-hydroxylation sites is 1. The van der Waals surface area contributed by atoms with Gasteiger partial charge >= 0.3 is 6.03 Å². The molecule has 0 aliphatic rings. The van der Waals surface area contributed by atoms with Crippen molar-refractivity contribution in [1.82, 2.24) is 15.2 Å². The van der Waals surface area contributed by atoms with Crippen LogP contribution in [0.2, 0.25) is 0 Å². The molecule has 0 fully saturated rings. The predicted molar refractivity (Wildman–Crippen MR) is 103 cm³/mol. The normalized spacial score (nSPS) is 11.0. The Kier molecular flexibility index (Phi) is 5.12. The summed E-state index contributed by atoms with van der Waals surface area (Å²) in [5.41, 5.74) is 13.2. The molecule has 132 valence electrons. The maximum absolute atomic E-state index is 10.9. The van der Waals surface area contributed by atoms with E-state index < -0.39 is 6.03 Å². The summed E-state index contributed by atoms with van der Waals surface area (Å²) in [6, 6.07) is 15.6. The number of nitrogens with one attached hydrogen (secondary N) is 1. The Bertz CT molecular complexity index is 941. The van der Waals surface area contributed by atoms with Gasteiger partial charge in [-0.05, 0) is 30.5 Å². The van der Waals surface area contributed by atoms with Crippen LogP contribution in [-0.4, -0.2) is 22.0 Å². The van der Waals surface area contributed by atoms with Crippen LogP contribution in [0.3, 0.4) is 0 Å². The van der Waals surface area contributed by atoms with Gasteiger partial charge in [-0.3, -0.25) is 0 Å². The number of nitrogens with zero attached hydrogens (tertiary/aromatic N) is 3. The summed E-state index contributed by atoms with van der Waals surface area (Å²) in [5.74, 6) is 0. The van der Waals surface area contributed by atoms with Crippen molar-refractivity contribution in [3.63, 3.8) is 0 Å². The summed E-state index contributed by atoms with van der Waals surface area (Å²) >= 11 is 0. The zero-order chi connectivity index (χ0) is 18.5. The number of benzene rings is 2.